The lowest BCUT2D eigenvalue weighted by molar-refractivity contribution is 0.102. The van der Waals surface area contributed by atoms with Crippen LogP contribution in [-0.2, 0) is 0 Å². The van der Waals surface area contributed by atoms with E-state index >= 15 is 0 Å². The Labute approximate surface area is 122 Å². The highest BCUT2D eigenvalue weighted by Crippen LogP contribution is 2.18. The molecule has 0 saturated heterocycles. The summed E-state index contributed by atoms with van der Waals surface area (Å²) in [5.74, 6) is -2.50. The fourth-order valence-corrected chi connectivity index (χ4v) is 1.89. The van der Waals surface area contributed by atoms with Gasteiger partial charge in [0.15, 0.2) is 11.6 Å². The van der Waals surface area contributed by atoms with Crippen molar-refractivity contribution >= 4 is 11.6 Å². The summed E-state index contributed by atoms with van der Waals surface area (Å²) >= 11 is 0. The van der Waals surface area contributed by atoms with Gasteiger partial charge in [-0.25, -0.2) is 8.78 Å². The molecule has 1 atom stereocenters. The summed E-state index contributed by atoms with van der Waals surface area (Å²) in [5.41, 5.74) is 1.69. The normalized spacial score (nSPS) is 12.0. The highest BCUT2D eigenvalue weighted by atomic mass is 19.2. The summed E-state index contributed by atoms with van der Waals surface area (Å²) in [4.78, 5) is 12.0. The molecule has 110 valence electrons. The van der Waals surface area contributed by atoms with Crippen LogP contribution in [0.2, 0.25) is 0 Å². The highest BCUT2D eigenvalue weighted by molar-refractivity contribution is 6.04. The van der Waals surface area contributed by atoms with Gasteiger partial charge in [0, 0.05) is 17.3 Å². The molecule has 1 amide bonds. The molecule has 0 aliphatic rings. The number of benzene rings is 2. The van der Waals surface area contributed by atoms with Crippen LogP contribution in [-0.4, -0.2) is 13.0 Å². The van der Waals surface area contributed by atoms with E-state index < -0.39 is 17.5 Å². The molecule has 0 heterocycles. The number of amides is 1. The van der Waals surface area contributed by atoms with Gasteiger partial charge in [-0.2, -0.15) is 0 Å². The van der Waals surface area contributed by atoms with Crippen molar-refractivity contribution in [3.8, 4) is 0 Å². The van der Waals surface area contributed by atoms with Crippen LogP contribution in [0.1, 0.15) is 28.9 Å². The minimum Gasteiger partial charge on any atom is -0.322 e. The monoisotopic (exact) mass is 290 g/mol. The van der Waals surface area contributed by atoms with Gasteiger partial charge >= 0.3 is 0 Å². The van der Waals surface area contributed by atoms with Crippen molar-refractivity contribution in [3.63, 3.8) is 0 Å². The first kappa shape index (κ1) is 15.1. The summed E-state index contributed by atoms with van der Waals surface area (Å²) in [6.45, 7) is 2.00. The molecule has 2 N–H and O–H groups in total. The lowest BCUT2D eigenvalue weighted by Gasteiger charge is -2.12. The average Bonchev–Trinajstić information content (AvgIpc) is 2.49. The Morgan fingerprint density at radius 2 is 1.86 bits per heavy atom. The van der Waals surface area contributed by atoms with Gasteiger partial charge in [-0.1, -0.05) is 12.1 Å². The summed E-state index contributed by atoms with van der Waals surface area (Å²) in [7, 11) is 1.84. The van der Waals surface area contributed by atoms with Crippen molar-refractivity contribution in [1.82, 2.24) is 5.32 Å². The maximum Gasteiger partial charge on any atom is 0.255 e. The smallest absolute Gasteiger partial charge is 0.255 e. The Balaban J connectivity index is 2.17. The molecule has 2 aromatic rings. The topological polar surface area (TPSA) is 41.1 Å². The molecule has 0 aliphatic carbocycles. The molecular weight excluding hydrogens is 274 g/mol. The molecule has 0 aliphatic heterocycles. The fraction of sp³-hybridized carbons (Fsp3) is 0.188. The number of halogens is 2. The molecule has 0 saturated carbocycles. The summed E-state index contributed by atoms with van der Waals surface area (Å²) < 4.78 is 26.0. The van der Waals surface area contributed by atoms with Crippen molar-refractivity contribution in [2.24, 2.45) is 0 Å². The average molecular weight is 290 g/mol. The molecule has 2 rings (SSSR count). The Morgan fingerprint density at radius 1 is 1.10 bits per heavy atom. The molecule has 0 radical (unpaired) electrons. The first-order valence-corrected chi connectivity index (χ1v) is 6.55. The summed E-state index contributed by atoms with van der Waals surface area (Å²) in [5, 5.41) is 5.77. The third kappa shape index (κ3) is 3.64. The first-order valence-electron chi connectivity index (χ1n) is 6.55. The van der Waals surface area contributed by atoms with E-state index in [9.17, 15) is 13.6 Å². The molecule has 0 bridgehead atoms. The molecule has 0 aromatic heterocycles. The molecule has 0 fully saturated rings. The van der Waals surface area contributed by atoms with Crippen molar-refractivity contribution in [2.45, 2.75) is 13.0 Å². The highest BCUT2D eigenvalue weighted by Gasteiger charge is 2.11. The van der Waals surface area contributed by atoms with E-state index in [0.717, 1.165) is 17.7 Å². The van der Waals surface area contributed by atoms with Crippen molar-refractivity contribution in [3.05, 3.63) is 65.2 Å². The summed E-state index contributed by atoms with van der Waals surface area (Å²) in [6, 6.07) is 10.5. The second-order valence-corrected chi connectivity index (χ2v) is 4.72. The van der Waals surface area contributed by atoms with E-state index in [1.54, 1.807) is 6.07 Å². The van der Waals surface area contributed by atoms with Gasteiger partial charge in [0.05, 0.1) is 0 Å². The first-order chi connectivity index (χ1) is 10.0. The Bertz CT molecular complexity index is 658. The van der Waals surface area contributed by atoms with E-state index in [4.69, 9.17) is 0 Å². The van der Waals surface area contributed by atoms with E-state index in [-0.39, 0.29) is 11.6 Å². The zero-order valence-corrected chi connectivity index (χ0v) is 11.8. The van der Waals surface area contributed by atoms with Crippen LogP contribution in [0.15, 0.2) is 42.5 Å². The third-order valence-electron chi connectivity index (χ3n) is 3.26. The Hall–Kier alpha value is -2.27. The molecule has 5 heteroatoms. The molecular formula is C16H16F2N2O. The number of hydrogen-bond acceptors (Lipinski definition) is 2. The minimum absolute atomic E-state index is 0.0703. The van der Waals surface area contributed by atoms with E-state index in [2.05, 4.69) is 10.6 Å². The van der Waals surface area contributed by atoms with Gasteiger partial charge in [0.1, 0.15) is 0 Å². The third-order valence-corrected chi connectivity index (χ3v) is 3.26. The van der Waals surface area contributed by atoms with Crippen LogP contribution in [0.25, 0.3) is 0 Å². The fourth-order valence-electron chi connectivity index (χ4n) is 1.89. The largest absolute Gasteiger partial charge is 0.322 e. The molecule has 0 spiro atoms. The van der Waals surface area contributed by atoms with E-state index in [1.807, 2.05) is 32.2 Å². The number of hydrogen-bond donors (Lipinski definition) is 2. The van der Waals surface area contributed by atoms with Crippen LogP contribution in [0.4, 0.5) is 14.5 Å². The SMILES string of the molecule is CNC(C)c1cccc(NC(=O)c2ccc(F)c(F)c2)c1. The van der Waals surface area contributed by atoms with Gasteiger partial charge in [-0.3, -0.25) is 4.79 Å². The van der Waals surface area contributed by atoms with Gasteiger partial charge in [-0.05, 0) is 49.9 Å². The Kier molecular flexibility index (Phi) is 4.65. The molecule has 21 heavy (non-hydrogen) atoms. The van der Waals surface area contributed by atoms with Gasteiger partial charge in [0.25, 0.3) is 5.91 Å². The van der Waals surface area contributed by atoms with Crippen LogP contribution in [0.3, 0.4) is 0 Å². The predicted octanol–water partition coefficient (Wildman–Crippen LogP) is 3.50. The van der Waals surface area contributed by atoms with Crippen LogP contribution in [0.5, 0.6) is 0 Å². The van der Waals surface area contributed by atoms with Crippen LogP contribution < -0.4 is 10.6 Å². The van der Waals surface area contributed by atoms with Crippen LogP contribution in [0, 0.1) is 11.6 Å². The van der Waals surface area contributed by atoms with E-state index in [1.165, 1.54) is 6.07 Å². The predicted molar refractivity (Wildman–Crippen MR) is 78.2 cm³/mol. The second kappa shape index (κ2) is 6.45. The molecule has 2 aromatic carbocycles. The number of carbonyl (C=O) groups is 1. The van der Waals surface area contributed by atoms with E-state index in [0.29, 0.717) is 5.69 Å². The number of carbonyl (C=O) groups excluding carboxylic acids is 1. The lowest BCUT2D eigenvalue weighted by Crippen LogP contribution is -2.15. The number of nitrogens with one attached hydrogen (secondary N) is 2. The van der Waals surface area contributed by atoms with Crippen molar-refractivity contribution in [1.29, 1.82) is 0 Å². The van der Waals surface area contributed by atoms with Crippen molar-refractivity contribution in [2.75, 3.05) is 12.4 Å². The van der Waals surface area contributed by atoms with Gasteiger partial charge < -0.3 is 10.6 Å². The van der Waals surface area contributed by atoms with Gasteiger partial charge in [-0.15, -0.1) is 0 Å². The van der Waals surface area contributed by atoms with Crippen LogP contribution >= 0.6 is 0 Å². The second-order valence-electron chi connectivity index (χ2n) is 4.72. The zero-order valence-electron chi connectivity index (χ0n) is 11.8. The Morgan fingerprint density at radius 3 is 2.52 bits per heavy atom. The van der Waals surface area contributed by atoms with Gasteiger partial charge in [0.2, 0.25) is 0 Å². The maximum absolute atomic E-state index is 13.1. The minimum atomic E-state index is -1.04. The number of anilines is 1. The quantitative estimate of drug-likeness (QED) is 0.905. The molecule has 3 nitrogen and oxygen atoms in total. The van der Waals surface area contributed by atoms with Crippen molar-refractivity contribution < 1.29 is 13.6 Å². The number of rotatable bonds is 4. The zero-order chi connectivity index (χ0) is 15.4. The standard InChI is InChI=1S/C16H16F2N2O/c1-10(19-2)11-4-3-5-13(8-11)20-16(21)12-6-7-14(17)15(18)9-12/h3-10,19H,1-2H3,(H,20,21). The lowest BCUT2D eigenvalue weighted by atomic mass is 10.1. The summed E-state index contributed by atoms with van der Waals surface area (Å²) in [6.07, 6.45) is 0. The molecule has 1 unspecified atom stereocenters. The maximum atomic E-state index is 13.1.